The molecular weight excluding hydrogens is 434 g/mol. The lowest BCUT2D eigenvalue weighted by atomic mass is 9.83. The minimum Gasteiger partial charge on any atom is -0.465 e. The van der Waals surface area contributed by atoms with Crippen molar-refractivity contribution in [3.05, 3.63) is 66.0 Å². The second-order valence-electron chi connectivity index (χ2n) is 9.18. The summed E-state index contributed by atoms with van der Waals surface area (Å²) in [5.74, 6) is -1.59. The van der Waals surface area contributed by atoms with Crippen LogP contribution in [0.5, 0.6) is 0 Å². The molecule has 1 aliphatic rings. The number of rotatable bonds is 6. The van der Waals surface area contributed by atoms with Crippen molar-refractivity contribution in [2.24, 2.45) is 11.8 Å². The zero-order chi connectivity index (χ0) is 25.1. The number of nitrogens with zero attached hydrogens (tertiary/aromatic N) is 1. The first kappa shape index (κ1) is 27.5. The van der Waals surface area contributed by atoms with Crippen LogP contribution in [0.4, 0.5) is 0 Å². The number of carbonyl (C=O) groups excluding carboxylic acids is 2. The van der Waals surface area contributed by atoms with Crippen molar-refractivity contribution in [3.8, 4) is 0 Å². The van der Waals surface area contributed by atoms with Gasteiger partial charge in [-0.2, -0.15) is 0 Å². The lowest BCUT2D eigenvalue weighted by molar-refractivity contribution is -0.152. The van der Waals surface area contributed by atoms with Gasteiger partial charge < -0.3 is 19.7 Å². The number of aromatic nitrogens is 1. The minimum atomic E-state index is -1.22. The molecule has 1 aromatic heterocycles. The van der Waals surface area contributed by atoms with E-state index in [0.29, 0.717) is 6.42 Å². The van der Waals surface area contributed by atoms with Gasteiger partial charge in [-0.1, -0.05) is 43.4 Å². The average Bonchev–Trinajstić information content (AvgIpc) is 2.78. The van der Waals surface area contributed by atoms with Crippen LogP contribution in [-0.2, 0) is 25.5 Å². The van der Waals surface area contributed by atoms with Crippen LogP contribution < -0.4 is 0 Å². The summed E-state index contributed by atoms with van der Waals surface area (Å²) in [4.78, 5) is 28.1. The maximum atomic E-state index is 12.5. The Morgan fingerprint density at radius 2 is 2.09 bits per heavy atom. The van der Waals surface area contributed by atoms with E-state index in [1.807, 2.05) is 62.4 Å². The van der Waals surface area contributed by atoms with Crippen molar-refractivity contribution in [2.75, 3.05) is 6.61 Å². The highest BCUT2D eigenvalue weighted by atomic mass is 16.5. The normalized spacial score (nSPS) is 30.2. The Labute approximate surface area is 202 Å². The fourth-order valence-electron chi connectivity index (χ4n) is 3.83. The monoisotopic (exact) mass is 471 g/mol. The fourth-order valence-corrected chi connectivity index (χ4v) is 3.83. The molecule has 2 N–H and O–H groups in total. The lowest BCUT2D eigenvalue weighted by Gasteiger charge is -2.33. The van der Waals surface area contributed by atoms with Gasteiger partial charge in [0.1, 0.15) is 12.7 Å². The van der Waals surface area contributed by atoms with Gasteiger partial charge in [-0.05, 0) is 44.4 Å². The van der Waals surface area contributed by atoms with Crippen molar-refractivity contribution in [3.63, 3.8) is 0 Å². The summed E-state index contributed by atoms with van der Waals surface area (Å²) in [5.41, 5.74) is 0.584. The number of pyridine rings is 1. The SMILES string of the molecule is CC(=O)OC[C@H]1/C=C/[C@H](C)[C@@H](/C(C)=C/C=C/Cc2ccccn2)OC(=O)C[C@H](O)CC[C@@]1(C)O. The number of ether oxygens (including phenoxy) is 2. The van der Waals surface area contributed by atoms with Gasteiger partial charge in [0.2, 0.25) is 0 Å². The number of hydrogen-bond acceptors (Lipinski definition) is 7. The van der Waals surface area contributed by atoms with E-state index < -0.39 is 35.7 Å². The molecule has 1 aliphatic heterocycles. The quantitative estimate of drug-likeness (QED) is 0.370. The van der Waals surface area contributed by atoms with Gasteiger partial charge in [0, 0.05) is 37.1 Å². The van der Waals surface area contributed by atoms with Gasteiger partial charge in [-0.25, -0.2) is 0 Å². The molecule has 0 saturated carbocycles. The third-order valence-corrected chi connectivity index (χ3v) is 6.03. The van der Waals surface area contributed by atoms with Crippen LogP contribution in [-0.4, -0.2) is 51.6 Å². The summed E-state index contributed by atoms with van der Waals surface area (Å²) in [5, 5.41) is 21.3. The molecule has 0 spiro atoms. The zero-order valence-electron chi connectivity index (χ0n) is 20.5. The Hall–Kier alpha value is -2.77. The summed E-state index contributed by atoms with van der Waals surface area (Å²) in [6, 6.07) is 5.77. The number of esters is 2. The second-order valence-corrected chi connectivity index (χ2v) is 9.18. The molecule has 7 nitrogen and oxygen atoms in total. The number of carbonyl (C=O) groups is 2. The highest BCUT2D eigenvalue weighted by Crippen LogP contribution is 2.29. The molecule has 7 heteroatoms. The fraction of sp³-hybridized carbons (Fsp3) is 0.519. The van der Waals surface area contributed by atoms with Crippen molar-refractivity contribution in [2.45, 2.75) is 71.2 Å². The highest BCUT2D eigenvalue weighted by molar-refractivity contribution is 5.70. The summed E-state index contributed by atoms with van der Waals surface area (Å²) in [7, 11) is 0. The maximum absolute atomic E-state index is 12.5. The van der Waals surface area contributed by atoms with Crippen LogP contribution in [0.2, 0.25) is 0 Å². The Morgan fingerprint density at radius 3 is 2.76 bits per heavy atom. The summed E-state index contributed by atoms with van der Waals surface area (Å²) in [6.07, 6.45) is 10.8. The third-order valence-electron chi connectivity index (χ3n) is 6.03. The molecule has 186 valence electrons. The van der Waals surface area contributed by atoms with E-state index in [9.17, 15) is 19.8 Å². The Balaban J connectivity index is 2.24. The largest absolute Gasteiger partial charge is 0.465 e. The number of hydrogen-bond donors (Lipinski definition) is 2. The molecule has 0 radical (unpaired) electrons. The summed E-state index contributed by atoms with van der Waals surface area (Å²) < 4.78 is 10.9. The van der Waals surface area contributed by atoms with E-state index in [1.165, 1.54) is 6.92 Å². The number of allylic oxidation sites excluding steroid dienone is 3. The van der Waals surface area contributed by atoms with E-state index >= 15 is 0 Å². The Kier molecular flexibility index (Phi) is 10.7. The molecule has 34 heavy (non-hydrogen) atoms. The van der Waals surface area contributed by atoms with Crippen molar-refractivity contribution in [1.82, 2.24) is 4.98 Å². The zero-order valence-corrected chi connectivity index (χ0v) is 20.5. The molecule has 0 amide bonds. The molecule has 0 bridgehead atoms. The molecular formula is C27H37NO6. The molecule has 5 atom stereocenters. The third kappa shape index (κ3) is 9.23. The van der Waals surface area contributed by atoms with E-state index in [0.717, 1.165) is 11.3 Å². The first-order valence-corrected chi connectivity index (χ1v) is 11.7. The predicted molar refractivity (Wildman–Crippen MR) is 130 cm³/mol. The van der Waals surface area contributed by atoms with Gasteiger partial charge in [0.05, 0.1) is 18.1 Å². The summed E-state index contributed by atoms with van der Waals surface area (Å²) >= 11 is 0. The summed E-state index contributed by atoms with van der Waals surface area (Å²) in [6.45, 7) is 6.82. The smallest absolute Gasteiger partial charge is 0.309 e. The second kappa shape index (κ2) is 13.2. The van der Waals surface area contributed by atoms with Crippen LogP contribution in [0.1, 0.15) is 52.7 Å². The van der Waals surface area contributed by atoms with Crippen molar-refractivity contribution < 1.29 is 29.3 Å². The molecule has 0 unspecified atom stereocenters. The predicted octanol–water partition coefficient (Wildman–Crippen LogP) is 3.71. The highest BCUT2D eigenvalue weighted by Gasteiger charge is 2.33. The maximum Gasteiger partial charge on any atom is 0.309 e. The van der Waals surface area contributed by atoms with Gasteiger partial charge in [-0.15, -0.1) is 0 Å². The van der Waals surface area contributed by atoms with Crippen molar-refractivity contribution in [1.29, 1.82) is 0 Å². The Morgan fingerprint density at radius 1 is 1.32 bits per heavy atom. The molecule has 0 saturated heterocycles. The van der Waals surface area contributed by atoms with E-state index in [2.05, 4.69) is 4.98 Å². The molecule has 1 aromatic rings. The van der Waals surface area contributed by atoms with Crippen LogP contribution >= 0.6 is 0 Å². The molecule has 2 rings (SSSR count). The molecule has 0 aromatic carbocycles. The Bertz CT molecular complexity index is 890. The van der Waals surface area contributed by atoms with Gasteiger partial charge in [-0.3, -0.25) is 14.6 Å². The molecule has 0 aliphatic carbocycles. The lowest BCUT2D eigenvalue weighted by Crippen LogP contribution is -2.38. The van der Waals surface area contributed by atoms with E-state index in [4.69, 9.17) is 9.47 Å². The minimum absolute atomic E-state index is 0.0250. The topological polar surface area (TPSA) is 106 Å². The van der Waals surface area contributed by atoms with Crippen LogP contribution in [0.15, 0.2) is 60.3 Å². The molecule has 0 fully saturated rings. The standard InChI is InChI=1S/C27H37NO6/c1-19(9-5-6-10-23-11-7-8-16-28-23)26-20(2)12-13-22(18-33-21(3)29)27(4,32)15-14-24(30)17-25(31)34-26/h5-9,11-13,16,20,22,24,26,30,32H,10,14-15,17-18H2,1-4H3/b6-5+,13-12+,19-9+/t20-,22+,24+,26+,27+/m0/s1. The van der Waals surface area contributed by atoms with Crippen LogP contribution in [0.3, 0.4) is 0 Å². The van der Waals surface area contributed by atoms with Crippen LogP contribution in [0.25, 0.3) is 0 Å². The number of cyclic esters (lactones) is 1. The number of aliphatic hydroxyl groups excluding tert-OH is 1. The number of aliphatic hydroxyl groups is 2. The average molecular weight is 472 g/mol. The van der Waals surface area contributed by atoms with Gasteiger partial charge in [0.15, 0.2) is 0 Å². The van der Waals surface area contributed by atoms with E-state index in [1.54, 1.807) is 13.1 Å². The molecule has 2 heterocycles. The van der Waals surface area contributed by atoms with Gasteiger partial charge in [0.25, 0.3) is 0 Å². The van der Waals surface area contributed by atoms with Gasteiger partial charge >= 0.3 is 11.9 Å². The first-order valence-electron chi connectivity index (χ1n) is 11.7. The van der Waals surface area contributed by atoms with Crippen LogP contribution in [0, 0.1) is 11.8 Å². The van der Waals surface area contributed by atoms with Crippen molar-refractivity contribution >= 4 is 11.9 Å². The first-order chi connectivity index (χ1) is 16.1. The van der Waals surface area contributed by atoms with E-state index in [-0.39, 0.29) is 31.8 Å².